The number of amides is 2. The van der Waals surface area contributed by atoms with Crippen molar-refractivity contribution < 1.29 is 14.3 Å². The molecular formula is C18H23N3O3. The molecule has 2 aliphatic heterocycles. The second kappa shape index (κ2) is 7.49. The van der Waals surface area contributed by atoms with Crippen LogP contribution in [0.25, 0.3) is 0 Å². The van der Waals surface area contributed by atoms with E-state index in [2.05, 4.69) is 16.8 Å². The first-order valence-corrected chi connectivity index (χ1v) is 8.38. The van der Waals surface area contributed by atoms with E-state index in [0.717, 1.165) is 44.7 Å². The zero-order chi connectivity index (χ0) is 16.9. The van der Waals surface area contributed by atoms with Crippen molar-refractivity contribution in [1.29, 1.82) is 0 Å². The number of carbonyl (C=O) groups is 2. The molecule has 2 heterocycles. The Labute approximate surface area is 142 Å². The van der Waals surface area contributed by atoms with Crippen molar-refractivity contribution >= 4 is 23.2 Å². The van der Waals surface area contributed by atoms with Gasteiger partial charge in [-0.1, -0.05) is 6.58 Å². The topological polar surface area (TPSA) is 61.9 Å². The molecule has 0 aliphatic carbocycles. The molecule has 0 saturated carbocycles. The maximum atomic E-state index is 12.7. The van der Waals surface area contributed by atoms with Crippen molar-refractivity contribution in [2.24, 2.45) is 0 Å². The van der Waals surface area contributed by atoms with Gasteiger partial charge in [-0.3, -0.25) is 9.59 Å². The van der Waals surface area contributed by atoms with E-state index in [0.29, 0.717) is 24.5 Å². The maximum Gasteiger partial charge on any atom is 0.253 e. The molecule has 0 spiro atoms. The minimum absolute atomic E-state index is 0.0589. The first-order chi connectivity index (χ1) is 11.7. The van der Waals surface area contributed by atoms with Gasteiger partial charge in [0.2, 0.25) is 5.91 Å². The summed E-state index contributed by atoms with van der Waals surface area (Å²) in [5, 5.41) is 2.83. The van der Waals surface area contributed by atoms with Crippen LogP contribution in [0.15, 0.2) is 30.9 Å². The Morgan fingerprint density at radius 2 is 1.83 bits per heavy atom. The third kappa shape index (κ3) is 3.59. The maximum absolute atomic E-state index is 12.7. The number of benzene rings is 1. The van der Waals surface area contributed by atoms with Crippen LogP contribution < -0.4 is 10.2 Å². The highest BCUT2D eigenvalue weighted by Crippen LogP contribution is 2.29. The Morgan fingerprint density at radius 1 is 1.12 bits per heavy atom. The van der Waals surface area contributed by atoms with Gasteiger partial charge in [0.15, 0.2) is 0 Å². The smallest absolute Gasteiger partial charge is 0.253 e. The number of rotatable bonds is 4. The number of hydrogen-bond acceptors (Lipinski definition) is 4. The van der Waals surface area contributed by atoms with Gasteiger partial charge in [-0.05, 0) is 37.1 Å². The predicted molar refractivity (Wildman–Crippen MR) is 93.4 cm³/mol. The first kappa shape index (κ1) is 16.5. The highest BCUT2D eigenvalue weighted by Gasteiger charge is 2.22. The summed E-state index contributed by atoms with van der Waals surface area (Å²) in [5.41, 5.74) is 2.22. The Bertz CT molecular complexity index is 632. The summed E-state index contributed by atoms with van der Waals surface area (Å²) in [4.78, 5) is 28.4. The van der Waals surface area contributed by atoms with Crippen LogP contribution in [0.4, 0.5) is 11.4 Å². The SMILES string of the molecule is C=CC(=O)Nc1ccc(C(=O)N2CCCC2)cc1N1CCOCC1. The molecule has 0 unspecified atom stereocenters. The molecule has 2 aliphatic rings. The summed E-state index contributed by atoms with van der Waals surface area (Å²) in [5.74, 6) is -0.202. The van der Waals surface area contributed by atoms with Gasteiger partial charge in [0.1, 0.15) is 0 Å². The lowest BCUT2D eigenvalue weighted by Crippen LogP contribution is -2.37. The van der Waals surface area contributed by atoms with Gasteiger partial charge >= 0.3 is 0 Å². The lowest BCUT2D eigenvalue weighted by molar-refractivity contribution is -0.111. The van der Waals surface area contributed by atoms with Gasteiger partial charge in [0, 0.05) is 31.7 Å². The number of likely N-dealkylation sites (tertiary alicyclic amines) is 1. The lowest BCUT2D eigenvalue weighted by atomic mass is 10.1. The van der Waals surface area contributed by atoms with Gasteiger partial charge in [-0.25, -0.2) is 0 Å². The van der Waals surface area contributed by atoms with Gasteiger partial charge in [0.05, 0.1) is 24.6 Å². The molecule has 6 nitrogen and oxygen atoms in total. The van der Waals surface area contributed by atoms with Crippen LogP contribution >= 0.6 is 0 Å². The molecule has 0 radical (unpaired) electrons. The molecule has 128 valence electrons. The van der Waals surface area contributed by atoms with E-state index in [9.17, 15) is 9.59 Å². The van der Waals surface area contributed by atoms with Crippen molar-refractivity contribution in [1.82, 2.24) is 4.90 Å². The zero-order valence-electron chi connectivity index (χ0n) is 13.8. The molecular weight excluding hydrogens is 306 g/mol. The Balaban J connectivity index is 1.90. The average molecular weight is 329 g/mol. The molecule has 24 heavy (non-hydrogen) atoms. The monoisotopic (exact) mass is 329 g/mol. The standard InChI is InChI=1S/C18H23N3O3/c1-2-17(22)19-15-6-5-14(18(23)21-7-3-4-8-21)13-16(15)20-9-11-24-12-10-20/h2,5-6,13H,1,3-4,7-12H2,(H,19,22). The van der Waals surface area contributed by atoms with Gasteiger partial charge < -0.3 is 19.9 Å². The molecule has 1 N–H and O–H groups in total. The van der Waals surface area contributed by atoms with Gasteiger partial charge in [-0.15, -0.1) is 0 Å². The largest absolute Gasteiger partial charge is 0.378 e. The molecule has 2 saturated heterocycles. The summed E-state index contributed by atoms with van der Waals surface area (Å²) in [7, 11) is 0. The van der Waals surface area contributed by atoms with Crippen molar-refractivity contribution in [3.8, 4) is 0 Å². The molecule has 2 fully saturated rings. The highest BCUT2D eigenvalue weighted by atomic mass is 16.5. The van der Waals surface area contributed by atoms with E-state index in [-0.39, 0.29) is 11.8 Å². The van der Waals surface area contributed by atoms with E-state index in [1.807, 2.05) is 11.0 Å². The van der Waals surface area contributed by atoms with E-state index in [1.165, 1.54) is 6.08 Å². The van der Waals surface area contributed by atoms with E-state index in [4.69, 9.17) is 4.74 Å². The normalized spacial score (nSPS) is 17.7. The third-order valence-corrected chi connectivity index (χ3v) is 4.43. The molecule has 3 rings (SSSR count). The van der Waals surface area contributed by atoms with Crippen molar-refractivity contribution in [3.63, 3.8) is 0 Å². The molecule has 6 heteroatoms. The van der Waals surface area contributed by atoms with E-state index in [1.54, 1.807) is 12.1 Å². The van der Waals surface area contributed by atoms with Crippen molar-refractivity contribution in [2.75, 3.05) is 49.6 Å². The van der Waals surface area contributed by atoms with Crippen LogP contribution in [-0.4, -0.2) is 56.1 Å². The number of nitrogens with one attached hydrogen (secondary N) is 1. The molecule has 2 amide bonds. The minimum Gasteiger partial charge on any atom is -0.378 e. The van der Waals surface area contributed by atoms with Crippen LogP contribution in [-0.2, 0) is 9.53 Å². The Hall–Kier alpha value is -2.34. The fraction of sp³-hybridized carbons (Fsp3) is 0.444. The van der Waals surface area contributed by atoms with E-state index >= 15 is 0 Å². The number of ether oxygens (including phenoxy) is 1. The molecule has 1 aromatic carbocycles. The molecule has 0 atom stereocenters. The van der Waals surface area contributed by atoms with Crippen LogP contribution in [0, 0.1) is 0 Å². The fourth-order valence-electron chi connectivity index (χ4n) is 3.12. The second-order valence-corrected chi connectivity index (χ2v) is 6.02. The summed E-state index contributed by atoms with van der Waals surface area (Å²) in [6.45, 7) is 7.88. The van der Waals surface area contributed by atoms with Crippen molar-refractivity contribution in [2.45, 2.75) is 12.8 Å². The average Bonchev–Trinajstić information content (AvgIpc) is 3.16. The Kier molecular flexibility index (Phi) is 5.15. The summed E-state index contributed by atoms with van der Waals surface area (Å²) in [6, 6.07) is 5.46. The van der Waals surface area contributed by atoms with Gasteiger partial charge in [0.25, 0.3) is 5.91 Å². The first-order valence-electron chi connectivity index (χ1n) is 8.38. The second-order valence-electron chi connectivity index (χ2n) is 6.02. The zero-order valence-corrected chi connectivity index (χ0v) is 13.8. The number of hydrogen-bond donors (Lipinski definition) is 1. The quantitative estimate of drug-likeness (QED) is 0.857. The van der Waals surface area contributed by atoms with Crippen LogP contribution in [0.3, 0.4) is 0 Å². The molecule has 1 aromatic rings. The molecule has 0 aromatic heterocycles. The Morgan fingerprint density at radius 3 is 2.50 bits per heavy atom. The highest BCUT2D eigenvalue weighted by molar-refractivity contribution is 6.03. The number of morpholine rings is 1. The fourth-order valence-corrected chi connectivity index (χ4v) is 3.12. The summed E-state index contributed by atoms with van der Waals surface area (Å²) in [6.07, 6.45) is 3.37. The van der Waals surface area contributed by atoms with Crippen LogP contribution in [0.1, 0.15) is 23.2 Å². The third-order valence-electron chi connectivity index (χ3n) is 4.43. The summed E-state index contributed by atoms with van der Waals surface area (Å²) >= 11 is 0. The van der Waals surface area contributed by atoms with E-state index < -0.39 is 0 Å². The van der Waals surface area contributed by atoms with Crippen LogP contribution in [0.2, 0.25) is 0 Å². The summed E-state index contributed by atoms with van der Waals surface area (Å²) < 4.78 is 5.40. The van der Waals surface area contributed by atoms with Crippen molar-refractivity contribution in [3.05, 3.63) is 36.4 Å². The lowest BCUT2D eigenvalue weighted by Gasteiger charge is -2.31. The number of carbonyl (C=O) groups excluding carboxylic acids is 2. The molecule has 0 bridgehead atoms. The predicted octanol–water partition coefficient (Wildman–Crippen LogP) is 1.88. The van der Waals surface area contributed by atoms with Crippen LogP contribution in [0.5, 0.6) is 0 Å². The number of nitrogens with zero attached hydrogens (tertiary/aromatic N) is 2. The van der Waals surface area contributed by atoms with Gasteiger partial charge in [-0.2, -0.15) is 0 Å². The number of anilines is 2. The minimum atomic E-state index is -0.261.